The van der Waals surface area contributed by atoms with E-state index in [0.717, 1.165) is 39.3 Å². The molecule has 0 amide bonds. The Morgan fingerprint density at radius 3 is 2.75 bits per heavy atom. The van der Waals surface area contributed by atoms with Crippen molar-refractivity contribution in [3.63, 3.8) is 0 Å². The molecule has 1 aliphatic carbocycles. The number of fused-ring (bicyclic) bond motifs is 1. The van der Waals surface area contributed by atoms with Gasteiger partial charge in [-0.15, -0.1) is 0 Å². The largest absolute Gasteiger partial charge is 0.379 e. The summed E-state index contributed by atoms with van der Waals surface area (Å²) in [6, 6.07) is 15.8. The topological polar surface area (TPSA) is 21.7 Å². The van der Waals surface area contributed by atoms with Crippen molar-refractivity contribution in [2.45, 2.75) is 37.8 Å². The smallest absolute Gasteiger partial charge is 0.0730 e. The standard InChI is InChI=1S/C21H27NO2/c1-2-8-19-17(5-1)6-3-7-18(19)11-14-24-21-10-4-9-20(21)22-12-15-23-16-13-22/h1-3,5-8,20-21H,4,9-16H2/t20-,21-/m1/s1. The van der Waals surface area contributed by atoms with Gasteiger partial charge in [-0.3, -0.25) is 4.90 Å². The van der Waals surface area contributed by atoms with Crippen molar-refractivity contribution in [1.82, 2.24) is 4.90 Å². The van der Waals surface area contributed by atoms with Crippen molar-refractivity contribution in [2.75, 3.05) is 32.9 Å². The maximum Gasteiger partial charge on any atom is 0.0730 e. The zero-order valence-corrected chi connectivity index (χ0v) is 14.3. The average Bonchev–Trinajstić information content (AvgIpc) is 3.11. The van der Waals surface area contributed by atoms with E-state index in [0.29, 0.717) is 12.1 Å². The van der Waals surface area contributed by atoms with E-state index in [4.69, 9.17) is 9.47 Å². The quantitative estimate of drug-likeness (QED) is 0.837. The summed E-state index contributed by atoms with van der Waals surface area (Å²) in [4.78, 5) is 2.58. The summed E-state index contributed by atoms with van der Waals surface area (Å²) in [5, 5.41) is 2.68. The normalized spacial score (nSPS) is 25.3. The van der Waals surface area contributed by atoms with E-state index in [1.807, 2.05) is 0 Å². The van der Waals surface area contributed by atoms with Gasteiger partial charge in [0.2, 0.25) is 0 Å². The van der Waals surface area contributed by atoms with E-state index in [-0.39, 0.29) is 0 Å². The molecular weight excluding hydrogens is 298 g/mol. The number of ether oxygens (including phenoxy) is 2. The fraction of sp³-hybridized carbons (Fsp3) is 0.524. The van der Waals surface area contributed by atoms with Gasteiger partial charge in [0.25, 0.3) is 0 Å². The van der Waals surface area contributed by atoms with Crippen LogP contribution in [0.4, 0.5) is 0 Å². The van der Waals surface area contributed by atoms with Gasteiger partial charge in [0.15, 0.2) is 0 Å². The number of hydrogen-bond donors (Lipinski definition) is 0. The van der Waals surface area contributed by atoms with Gasteiger partial charge >= 0.3 is 0 Å². The van der Waals surface area contributed by atoms with Gasteiger partial charge in [-0.1, -0.05) is 42.5 Å². The summed E-state index contributed by atoms with van der Waals surface area (Å²) in [6.45, 7) is 4.69. The lowest BCUT2D eigenvalue weighted by Gasteiger charge is -2.35. The molecule has 4 rings (SSSR count). The summed E-state index contributed by atoms with van der Waals surface area (Å²) in [7, 11) is 0. The molecule has 1 aliphatic heterocycles. The first-order chi connectivity index (χ1) is 11.9. The first kappa shape index (κ1) is 16.1. The molecule has 2 aliphatic rings. The Kier molecular flexibility index (Phi) is 5.12. The van der Waals surface area contributed by atoms with Gasteiger partial charge in [0.1, 0.15) is 0 Å². The lowest BCUT2D eigenvalue weighted by Crippen LogP contribution is -2.47. The SMILES string of the molecule is c1ccc2c(CCO[C@@H]3CCC[C@H]3N3CCOCC3)cccc2c1. The van der Waals surface area contributed by atoms with E-state index >= 15 is 0 Å². The van der Waals surface area contributed by atoms with E-state index in [9.17, 15) is 0 Å². The molecule has 128 valence electrons. The highest BCUT2D eigenvalue weighted by Crippen LogP contribution is 2.28. The molecule has 1 saturated heterocycles. The highest BCUT2D eigenvalue weighted by Gasteiger charge is 2.33. The molecular formula is C21H27NO2. The molecule has 3 heteroatoms. The van der Waals surface area contributed by atoms with Crippen LogP contribution in [-0.2, 0) is 15.9 Å². The Morgan fingerprint density at radius 1 is 1.00 bits per heavy atom. The molecule has 0 radical (unpaired) electrons. The van der Waals surface area contributed by atoms with Crippen molar-refractivity contribution in [2.24, 2.45) is 0 Å². The first-order valence-corrected chi connectivity index (χ1v) is 9.32. The molecule has 2 atom stereocenters. The van der Waals surface area contributed by atoms with Crippen LogP contribution < -0.4 is 0 Å². The van der Waals surface area contributed by atoms with Crippen LogP contribution in [0.15, 0.2) is 42.5 Å². The van der Waals surface area contributed by atoms with Crippen LogP contribution in [-0.4, -0.2) is 50.0 Å². The van der Waals surface area contributed by atoms with E-state index < -0.39 is 0 Å². The van der Waals surface area contributed by atoms with Crippen LogP contribution in [0.3, 0.4) is 0 Å². The number of rotatable bonds is 5. The molecule has 2 aromatic rings. The zero-order valence-electron chi connectivity index (χ0n) is 14.3. The summed E-state index contributed by atoms with van der Waals surface area (Å²) in [5.74, 6) is 0. The molecule has 0 N–H and O–H groups in total. The second-order valence-electron chi connectivity index (χ2n) is 6.94. The lowest BCUT2D eigenvalue weighted by atomic mass is 10.0. The second kappa shape index (κ2) is 7.64. The van der Waals surface area contributed by atoms with E-state index in [1.165, 1.54) is 35.6 Å². The highest BCUT2D eigenvalue weighted by molar-refractivity contribution is 5.85. The third kappa shape index (κ3) is 3.49. The number of benzene rings is 2. The van der Waals surface area contributed by atoms with Gasteiger partial charge in [-0.25, -0.2) is 0 Å². The summed E-state index contributed by atoms with van der Waals surface area (Å²) < 4.78 is 11.8. The van der Waals surface area contributed by atoms with Crippen LogP contribution in [0.1, 0.15) is 24.8 Å². The molecule has 2 fully saturated rings. The first-order valence-electron chi connectivity index (χ1n) is 9.32. The molecule has 3 nitrogen and oxygen atoms in total. The summed E-state index contributed by atoms with van der Waals surface area (Å²) in [5.41, 5.74) is 1.40. The van der Waals surface area contributed by atoms with Crippen molar-refractivity contribution in [1.29, 1.82) is 0 Å². The Balaban J connectivity index is 1.36. The maximum atomic E-state index is 6.34. The molecule has 0 spiro atoms. The van der Waals surface area contributed by atoms with Crippen molar-refractivity contribution < 1.29 is 9.47 Å². The van der Waals surface area contributed by atoms with Crippen LogP contribution in [0, 0.1) is 0 Å². The summed E-state index contributed by atoms with van der Waals surface area (Å²) in [6.07, 6.45) is 5.17. The van der Waals surface area contributed by atoms with E-state index in [2.05, 4.69) is 47.4 Å². The van der Waals surface area contributed by atoms with Crippen LogP contribution in [0.2, 0.25) is 0 Å². The molecule has 0 unspecified atom stereocenters. The second-order valence-corrected chi connectivity index (χ2v) is 6.94. The Bertz CT molecular complexity index is 660. The third-order valence-corrected chi connectivity index (χ3v) is 5.52. The van der Waals surface area contributed by atoms with Crippen LogP contribution >= 0.6 is 0 Å². The minimum Gasteiger partial charge on any atom is -0.379 e. The van der Waals surface area contributed by atoms with Gasteiger partial charge in [0.05, 0.1) is 25.9 Å². The van der Waals surface area contributed by atoms with Gasteiger partial charge < -0.3 is 9.47 Å². The van der Waals surface area contributed by atoms with Crippen molar-refractivity contribution in [3.8, 4) is 0 Å². The highest BCUT2D eigenvalue weighted by atomic mass is 16.5. The molecule has 1 heterocycles. The fourth-order valence-electron chi connectivity index (χ4n) is 4.26. The summed E-state index contributed by atoms with van der Waals surface area (Å²) >= 11 is 0. The fourth-order valence-corrected chi connectivity index (χ4v) is 4.26. The molecule has 0 aromatic heterocycles. The number of hydrogen-bond acceptors (Lipinski definition) is 3. The van der Waals surface area contributed by atoms with E-state index in [1.54, 1.807) is 0 Å². The Hall–Kier alpha value is -1.42. The predicted octanol–water partition coefficient (Wildman–Crippen LogP) is 3.65. The maximum absolute atomic E-state index is 6.34. The molecule has 1 saturated carbocycles. The zero-order chi connectivity index (χ0) is 16.2. The third-order valence-electron chi connectivity index (χ3n) is 5.52. The number of nitrogens with zero attached hydrogens (tertiary/aromatic N) is 1. The Morgan fingerprint density at radius 2 is 1.83 bits per heavy atom. The van der Waals surface area contributed by atoms with Gasteiger partial charge in [-0.2, -0.15) is 0 Å². The predicted molar refractivity (Wildman–Crippen MR) is 97.4 cm³/mol. The molecule has 2 aromatic carbocycles. The lowest BCUT2D eigenvalue weighted by molar-refractivity contribution is -0.0366. The Labute approximate surface area is 144 Å². The van der Waals surface area contributed by atoms with Gasteiger partial charge in [-0.05, 0) is 42.0 Å². The van der Waals surface area contributed by atoms with Crippen molar-refractivity contribution in [3.05, 3.63) is 48.0 Å². The van der Waals surface area contributed by atoms with Crippen LogP contribution in [0.5, 0.6) is 0 Å². The molecule has 0 bridgehead atoms. The molecule has 24 heavy (non-hydrogen) atoms. The number of morpholine rings is 1. The minimum atomic E-state index is 0.401. The van der Waals surface area contributed by atoms with Gasteiger partial charge in [0, 0.05) is 19.1 Å². The monoisotopic (exact) mass is 325 g/mol. The van der Waals surface area contributed by atoms with Crippen molar-refractivity contribution >= 4 is 10.8 Å². The van der Waals surface area contributed by atoms with Crippen LogP contribution in [0.25, 0.3) is 10.8 Å². The minimum absolute atomic E-state index is 0.401. The average molecular weight is 325 g/mol.